The van der Waals surface area contributed by atoms with Crippen LogP contribution >= 0.6 is 0 Å². The number of hydrogen-bond acceptors (Lipinski definition) is 5. The Morgan fingerprint density at radius 3 is 2.46 bits per heavy atom. The molecule has 0 fully saturated rings. The summed E-state index contributed by atoms with van der Waals surface area (Å²) in [7, 11) is -3.86. The summed E-state index contributed by atoms with van der Waals surface area (Å²) in [6, 6.07) is 6.17. The Hall–Kier alpha value is -1.80. The quantitative estimate of drug-likeness (QED) is 0.292. The number of rotatable bonds is 9. The molecule has 0 radical (unpaired) electrons. The Labute approximate surface area is 140 Å². The molecular weight excluding hydrogens is 342 g/mol. The summed E-state index contributed by atoms with van der Waals surface area (Å²) in [6.45, 7) is 2.98. The van der Waals surface area contributed by atoms with Gasteiger partial charge in [0.25, 0.3) is 10.1 Å². The van der Waals surface area contributed by atoms with Crippen molar-refractivity contribution in [3.8, 4) is 0 Å². The minimum atomic E-state index is -3.86. The van der Waals surface area contributed by atoms with Gasteiger partial charge in [-0.3, -0.25) is 4.18 Å². The number of esters is 1. The van der Waals surface area contributed by atoms with Crippen LogP contribution in [0.25, 0.3) is 0 Å². The van der Waals surface area contributed by atoms with Crippen molar-refractivity contribution in [1.82, 2.24) is 0 Å². The van der Waals surface area contributed by atoms with Gasteiger partial charge in [-0.05, 0) is 44.9 Å². The van der Waals surface area contributed by atoms with E-state index in [1.807, 2.05) is 6.92 Å². The fourth-order valence-electron chi connectivity index (χ4n) is 1.67. The molecule has 0 aliphatic heterocycles. The summed E-state index contributed by atoms with van der Waals surface area (Å²) in [4.78, 5) is 11.0. The molecule has 0 unspecified atom stereocenters. The maximum Gasteiger partial charge on any atom is 0.381 e. The molecule has 5 nitrogen and oxygen atoms in total. The highest BCUT2D eigenvalue weighted by molar-refractivity contribution is 7.86. The number of allylic oxidation sites excluding steroid dienone is 1. The van der Waals surface area contributed by atoms with Gasteiger partial charge < -0.3 is 4.74 Å². The highest BCUT2D eigenvalue weighted by Crippen LogP contribution is 2.18. The number of hydrogen-bond donors (Lipinski definition) is 0. The Kier molecular flexibility index (Phi) is 7.50. The summed E-state index contributed by atoms with van der Waals surface area (Å²) in [5.41, 5.74) is 0.918. The third kappa shape index (κ3) is 6.37. The van der Waals surface area contributed by atoms with Crippen LogP contribution in [0.15, 0.2) is 41.3 Å². The van der Waals surface area contributed by atoms with Crippen molar-refractivity contribution in [3.63, 3.8) is 0 Å². The molecule has 134 valence electrons. The molecule has 0 atom stereocenters. The average Bonchev–Trinajstić information content (AvgIpc) is 2.51. The van der Waals surface area contributed by atoms with Gasteiger partial charge in [0.2, 0.25) is 0 Å². The van der Waals surface area contributed by atoms with Crippen molar-refractivity contribution in [2.45, 2.75) is 37.5 Å². The van der Waals surface area contributed by atoms with Crippen LogP contribution in [0.4, 0.5) is 8.78 Å². The lowest BCUT2D eigenvalue weighted by molar-refractivity contribution is -0.164. The van der Waals surface area contributed by atoms with E-state index >= 15 is 0 Å². The van der Waals surface area contributed by atoms with Crippen molar-refractivity contribution < 1.29 is 30.9 Å². The zero-order valence-corrected chi connectivity index (χ0v) is 14.3. The number of carbonyl (C=O) groups excluding carboxylic acids is 1. The van der Waals surface area contributed by atoms with Crippen LogP contribution in [0, 0.1) is 6.92 Å². The lowest BCUT2D eigenvalue weighted by Gasteiger charge is -2.09. The molecule has 8 heteroatoms. The summed E-state index contributed by atoms with van der Waals surface area (Å²) < 4.78 is 59.4. The van der Waals surface area contributed by atoms with Crippen molar-refractivity contribution >= 4 is 16.1 Å². The van der Waals surface area contributed by atoms with Gasteiger partial charge in [0.15, 0.2) is 0 Å². The molecule has 1 rings (SSSR count). The smallest absolute Gasteiger partial charge is 0.381 e. The minimum Gasteiger partial charge on any atom is -0.461 e. The number of ether oxygens (including phenoxy) is 1. The van der Waals surface area contributed by atoms with Crippen molar-refractivity contribution in [2.75, 3.05) is 13.2 Å². The second-order valence-corrected chi connectivity index (χ2v) is 6.59. The summed E-state index contributed by atoms with van der Waals surface area (Å²) in [6.07, 6.45) is 1.89. The van der Waals surface area contributed by atoms with Gasteiger partial charge >= 0.3 is 11.9 Å². The van der Waals surface area contributed by atoms with E-state index in [4.69, 9.17) is 4.18 Å². The van der Waals surface area contributed by atoms with E-state index in [2.05, 4.69) is 4.74 Å². The van der Waals surface area contributed by atoms with Gasteiger partial charge in [-0.2, -0.15) is 17.2 Å². The predicted molar refractivity (Wildman–Crippen MR) is 84.3 cm³/mol. The second kappa shape index (κ2) is 8.89. The van der Waals surface area contributed by atoms with E-state index < -0.39 is 22.0 Å². The Morgan fingerprint density at radius 2 is 1.88 bits per heavy atom. The molecule has 0 aliphatic rings. The van der Waals surface area contributed by atoms with Gasteiger partial charge in [-0.25, -0.2) is 4.79 Å². The topological polar surface area (TPSA) is 69.7 Å². The summed E-state index contributed by atoms with van der Waals surface area (Å²) in [5.74, 6) is -5.30. The second-order valence-electron chi connectivity index (χ2n) is 4.98. The molecule has 0 saturated heterocycles. The van der Waals surface area contributed by atoms with E-state index in [0.717, 1.165) is 11.6 Å². The molecule has 24 heavy (non-hydrogen) atoms. The molecular formula is C16H20F2O5S. The number of alkyl halides is 2. The first kappa shape index (κ1) is 20.2. The fraction of sp³-hybridized carbons (Fsp3) is 0.438. The Morgan fingerprint density at radius 1 is 1.25 bits per heavy atom. The van der Waals surface area contributed by atoms with E-state index in [9.17, 15) is 22.0 Å². The van der Waals surface area contributed by atoms with Gasteiger partial charge in [0, 0.05) is 0 Å². The monoisotopic (exact) mass is 362 g/mol. The van der Waals surface area contributed by atoms with Gasteiger partial charge in [0.1, 0.15) is 0 Å². The number of carbonyl (C=O) groups is 1. The molecule has 0 amide bonds. The zero-order chi connectivity index (χ0) is 18.2. The van der Waals surface area contributed by atoms with Gasteiger partial charge in [-0.1, -0.05) is 23.8 Å². The van der Waals surface area contributed by atoms with Crippen LogP contribution in [0.5, 0.6) is 0 Å². The van der Waals surface area contributed by atoms with Crippen LogP contribution in [0.2, 0.25) is 0 Å². The van der Waals surface area contributed by atoms with Gasteiger partial charge in [-0.15, -0.1) is 0 Å². The highest BCUT2D eigenvalue weighted by atomic mass is 32.2. The maximum atomic E-state index is 13.3. The number of aryl methyl sites for hydroxylation is 1. The Balaban J connectivity index is 2.42. The predicted octanol–water partition coefficient (Wildman–Crippen LogP) is 3.24. The molecule has 0 saturated carbocycles. The highest BCUT2D eigenvalue weighted by Gasteiger charge is 2.37. The van der Waals surface area contributed by atoms with Crippen LogP contribution in [-0.2, 0) is 23.8 Å². The molecule has 0 spiro atoms. The first-order valence-electron chi connectivity index (χ1n) is 7.38. The third-order valence-electron chi connectivity index (χ3n) is 2.94. The summed E-state index contributed by atoms with van der Waals surface area (Å²) >= 11 is 0. The average molecular weight is 362 g/mol. The number of unbranched alkanes of at least 4 members (excludes halogenated alkanes) is 1. The molecule has 0 heterocycles. The zero-order valence-electron chi connectivity index (χ0n) is 13.5. The fourth-order valence-corrected chi connectivity index (χ4v) is 2.61. The van der Waals surface area contributed by atoms with Crippen molar-refractivity contribution in [3.05, 3.63) is 42.0 Å². The molecule has 1 aromatic rings. The first-order valence-corrected chi connectivity index (χ1v) is 8.78. The minimum absolute atomic E-state index is 0.0393. The molecule has 0 aromatic heterocycles. The van der Waals surface area contributed by atoms with Crippen molar-refractivity contribution in [1.29, 1.82) is 0 Å². The lowest BCUT2D eigenvalue weighted by Crippen LogP contribution is -2.28. The van der Waals surface area contributed by atoms with Gasteiger partial charge in [0.05, 0.1) is 18.1 Å². The SMILES string of the molecule is CCOC(=O)C(F)(F)/C=C/CCCOS(=O)(=O)c1ccc(C)cc1. The third-order valence-corrected chi connectivity index (χ3v) is 4.26. The lowest BCUT2D eigenvalue weighted by atomic mass is 10.2. The number of halogens is 2. The van der Waals surface area contributed by atoms with Crippen LogP contribution < -0.4 is 0 Å². The normalized spacial score (nSPS) is 12.5. The van der Waals surface area contributed by atoms with Crippen LogP contribution in [0.3, 0.4) is 0 Å². The number of benzene rings is 1. The van der Waals surface area contributed by atoms with E-state index in [1.165, 1.54) is 19.1 Å². The first-order chi connectivity index (χ1) is 11.2. The van der Waals surface area contributed by atoms with Crippen LogP contribution in [0.1, 0.15) is 25.3 Å². The molecule has 1 aromatic carbocycles. The molecule has 0 N–H and O–H groups in total. The maximum absolute atomic E-state index is 13.3. The Bertz CT molecular complexity index is 666. The van der Waals surface area contributed by atoms with E-state index in [0.29, 0.717) is 6.08 Å². The largest absolute Gasteiger partial charge is 0.461 e. The van der Waals surface area contributed by atoms with Crippen molar-refractivity contribution in [2.24, 2.45) is 0 Å². The standard InChI is InChI=1S/C16H20F2O5S/c1-3-22-15(19)16(17,18)11-5-4-6-12-23-24(20,21)14-9-7-13(2)8-10-14/h5,7-11H,3-4,6,12H2,1-2H3/b11-5+. The van der Waals surface area contributed by atoms with E-state index in [1.54, 1.807) is 12.1 Å². The van der Waals surface area contributed by atoms with Crippen LogP contribution in [-0.4, -0.2) is 33.5 Å². The molecule has 0 bridgehead atoms. The van der Waals surface area contributed by atoms with E-state index in [-0.39, 0.29) is 31.0 Å². The summed E-state index contributed by atoms with van der Waals surface area (Å²) in [5, 5.41) is 0. The molecule has 0 aliphatic carbocycles.